The molecule has 0 spiro atoms. The van der Waals surface area contributed by atoms with Crippen molar-refractivity contribution in [1.29, 1.82) is 0 Å². The molecule has 0 saturated carbocycles. The van der Waals surface area contributed by atoms with Crippen LogP contribution in [0.15, 0.2) is 66.9 Å². The Labute approximate surface area is 267 Å². The maximum Gasteiger partial charge on any atom is 0.414 e. The Bertz CT molecular complexity index is 1230. The number of benzene rings is 2. The normalized spacial score (nSPS) is 12.3. The van der Waals surface area contributed by atoms with Gasteiger partial charge in [0.1, 0.15) is 0 Å². The minimum absolute atomic E-state index is 0.0664. The summed E-state index contributed by atoms with van der Waals surface area (Å²) in [4.78, 5) is 17.1. The molecule has 246 valence electrons. The van der Waals surface area contributed by atoms with Crippen molar-refractivity contribution in [3.63, 3.8) is 0 Å². The van der Waals surface area contributed by atoms with Gasteiger partial charge in [-0.15, -0.1) is 0 Å². The Kier molecular flexibility index (Phi) is 16.2. The monoisotopic (exact) mass is 625 g/mol. The van der Waals surface area contributed by atoms with Crippen LogP contribution in [-0.2, 0) is 15.9 Å². The van der Waals surface area contributed by atoms with E-state index in [0.29, 0.717) is 24.8 Å². The second-order valence-corrected chi connectivity index (χ2v) is 11.9. The molecule has 1 unspecified atom stereocenters. The molecular weight excluding hydrogens is 575 g/mol. The summed E-state index contributed by atoms with van der Waals surface area (Å²) in [6.45, 7) is 3.61. The van der Waals surface area contributed by atoms with E-state index in [2.05, 4.69) is 42.2 Å². The molecule has 0 saturated heterocycles. The molecule has 2 aromatic carbocycles. The number of aromatic nitrogens is 1. The first-order chi connectivity index (χ1) is 21.8. The lowest BCUT2D eigenvalue weighted by Crippen LogP contribution is -2.28. The maximum absolute atomic E-state index is 12.4. The Morgan fingerprint density at radius 3 is 1.84 bits per heavy atom. The molecule has 3 rings (SSSR count). The van der Waals surface area contributed by atoms with Crippen molar-refractivity contribution in [3.8, 4) is 22.4 Å². The molecule has 4 nitrogen and oxygen atoms in total. The minimum Gasteiger partial charge on any atom is -0.462 e. The number of aryl methyl sites for hydroxylation is 1. The van der Waals surface area contributed by atoms with Gasteiger partial charge >= 0.3 is 12.1 Å². The van der Waals surface area contributed by atoms with Gasteiger partial charge in [-0.3, -0.25) is 4.98 Å². The maximum atomic E-state index is 12.4. The summed E-state index contributed by atoms with van der Waals surface area (Å²) in [5, 5.41) is 0. The molecule has 0 amide bonds. The van der Waals surface area contributed by atoms with E-state index >= 15 is 0 Å². The van der Waals surface area contributed by atoms with E-state index in [1.165, 1.54) is 63.4 Å². The Hall–Kier alpha value is -3.19. The predicted octanol–water partition coefficient (Wildman–Crippen LogP) is 11.2. The third-order valence-corrected chi connectivity index (χ3v) is 8.14. The van der Waals surface area contributed by atoms with E-state index in [1.807, 2.05) is 24.4 Å². The molecule has 3 aromatic rings. The lowest BCUT2D eigenvalue weighted by Gasteiger charge is -2.16. The van der Waals surface area contributed by atoms with Crippen molar-refractivity contribution in [2.24, 2.45) is 0 Å². The SMILES string of the molecule is CCCCCCCCCCCc1ccc(-c2ccc(-c3ccc(C(=O)OCCCCCCOC(C)C(F)(F)F)cc3)nc2)cc1. The zero-order valence-corrected chi connectivity index (χ0v) is 27.0. The van der Waals surface area contributed by atoms with Crippen molar-refractivity contribution < 1.29 is 27.4 Å². The van der Waals surface area contributed by atoms with Crippen molar-refractivity contribution in [2.45, 2.75) is 116 Å². The van der Waals surface area contributed by atoms with Crippen LogP contribution in [0.1, 0.15) is 113 Å². The predicted molar refractivity (Wildman–Crippen MR) is 176 cm³/mol. The highest BCUT2D eigenvalue weighted by Crippen LogP contribution is 2.25. The van der Waals surface area contributed by atoms with Crippen LogP contribution < -0.4 is 0 Å². The highest BCUT2D eigenvalue weighted by atomic mass is 19.4. The zero-order chi connectivity index (χ0) is 32.3. The molecule has 0 radical (unpaired) electrons. The van der Waals surface area contributed by atoms with Crippen LogP contribution in [0.4, 0.5) is 13.2 Å². The number of halogens is 3. The number of carbonyl (C=O) groups excluding carboxylic acids is 1. The van der Waals surface area contributed by atoms with E-state index < -0.39 is 18.2 Å². The van der Waals surface area contributed by atoms with Gasteiger partial charge < -0.3 is 9.47 Å². The van der Waals surface area contributed by atoms with Crippen molar-refractivity contribution in [1.82, 2.24) is 4.98 Å². The number of hydrogen-bond acceptors (Lipinski definition) is 4. The highest BCUT2D eigenvalue weighted by molar-refractivity contribution is 5.90. The van der Waals surface area contributed by atoms with Crippen LogP contribution in [0.3, 0.4) is 0 Å². The van der Waals surface area contributed by atoms with Crippen LogP contribution in [-0.4, -0.2) is 36.4 Å². The van der Waals surface area contributed by atoms with E-state index in [1.54, 1.807) is 12.1 Å². The molecule has 1 aromatic heterocycles. The molecule has 7 heteroatoms. The van der Waals surface area contributed by atoms with E-state index in [-0.39, 0.29) is 13.2 Å². The van der Waals surface area contributed by atoms with Crippen molar-refractivity contribution in [3.05, 3.63) is 78.0 Å². The third-order valence-electron chi connectivity index (χ3n) is 8.14. The molecule has 0 bridgehead atoms. The summed E-state index contributed by atoms with van der Waals surface area (Å²) in [6, 6.07) is 20.1. The molecule has 0 aliphatic rings. The number of rotatable bonds is 21. The average molecular weight is 626 g/mol. The van der Waals surface area contributed by atoms with Crippen molar-refractivity contribution in [2.75, 3.05) is 13.2 Å². The molecule has 0 N–H and O–H groups in total. The molecule has 1 atom stereocenters. The van der Waals surface area contributed by atoms with Crippen LogP contribution >= 0.6 is 0 Å². The number of carbonyl (C=O) groups is 1. The molecule has 45 heavy (non-hydrogen) atoms. The van der Waals surface area contributed by atoms with Crippen molar-refractivity contribution >= 4 is 5.97 Å². The topological polar surface area (TPSA) is 48.4 Å². The fourth-order valence-corrected chi connectivity index (χ4v) is 5.18. The Morgan fingerprint density at radius 1 is 0.689 bits per heavy atom. The highest BCUT2D eigenvalue weighted by Gasteiger charge is 2.36. The second-order valence-electron chi connectivity index (χ2n) is 11.9. The van der Waals surface area contributed by atoms with Gasteiger partial charge in [0.15, 0.2) is 6.10 Å². The fourth-order valence-electron chi connectivity index (χ4n) is 5.18. The molecule has 0 fully saturated rings. The largest absolute Gasteiger partial charge is 0.462 e. The number of pyridine rings is 1. The first kappa shape index (κ1) is 36.3. The van der Waals surface area contributed by atoms with Gasteiger partial charge in [-0.05, 0) is 68.4 Å². The van der Waals surface area contributed by atoms with Gasteiger partial charge in [-0.2, -0.15) is 13.2 Å². The quantitative estimate of drug-likeness (QED) is 0.0873. The lowest BCUT2D eigenvalue weighted by molar-refractivity contribution is -0.214. The first-order valence-electron chi connectivity index (χ1n) is 16.8. The number of nitrogens with zero attached hydrogens (tertiary/aromatic N) is 1. The number of hydrogen-bond donors (Lipinski definition) is 0. The van der Waals surface area contributed by atoms with E-state index in [0.717, 1.165) is 42.1 Å². The second kappa shape index (κ2) is 20.0. The lowest BCUT2D eigenvalue weighted by atomic mass is 10.0. The summed E-state index contributed by atoms with van der Waals surface area (Å²) in [7, 11) is 0. The summed E-state index contributed by atoms with van der Waals surface area (Å²) in [6.07, 6.45) is 11.7. The number of ether oxygens (including phenoxy) is 2. The van der Waals surface area contributed by atoms with Gasteiger partial charge in [-0.25, -0.2) is 4.79 Å². The first-order valence-corrected chi connectivity index (χ1v) is 16.8. The van der Waals surface area contributed by atoms with Crippen LogP contribution in [0.25, 0.3) is 22.4 Å². The molecule has 1 heterocycles. The van der Waals surface area contributed by atoms with Gasteiger partial charge in [-0.1, -0.05) is 107 Å². The molecule has 0 aliphatic heterocycles. The minimum atomic E-state index is -4.33. The third kappa shape index (κ3) is 13.8. The van der Waals surface area contributed by atoms with E-state index in [4.69, 9.17) is 9.47 Å². The number of alkyl halides is 3. The van der Waals surface area contributed by atoms with Crippen LogP contribution in [0.5, 0.6) is 0 Å². The van der Waals surface area contributed by atoms with Crippen LogP contribution in [0, 0.1) is 0 Å². The van der Waals surface area contributed by atoms with Gasteiger partial charge in [0.05, 0.1) is 17.9 Å². The number of esters is 1. The number of unbranched alkanes of at least 4 members (excludes halogenated alkanes) is 11. The molecule has 0 aliphatic carbocycles. The Balaban J connectivity index is 1.34. The fraction of sp³-hybridized carbons (Fsp3) is 0.526. The summed E-state index contributed by atoms with van der Waals surface area (Å²) < 4.78 is 47.4. The zero-order valence-electron chi connectivity index (χ0n) is 27.0. The summed E-state index contributed by atoms with van der Waals surface area (Å²) >= 11 is 0. The summed E-state index contributed by atoms with van der Waals surface area (Å²) in [5.41, 5.74) is 5.80. The van der Waals surface area contributed by atoms with Gasteiger partial charge in [0, 0.05) is 23.9 Å². The summed E-state index contributed by atoms with van der Waals surface area (Å²) in [5.74, 6) is -0.395. The standard InChI is InChI=1S/C38H50F3NO3/c1-3-4-5-6-7-8-9-10-13-16-31-17-19-32(20-18-31)35-25-26-36(42-29-35)33-21-23-34(24-22-33)37(43)45-28-15-12-11-14-27-44-30(2)38(39,40)41/h17-26,29-30H,3-16,27-28H2,1-2H3. The molecular formula is C38H50F3NO3. The van der Waals surface area contributed by atoms with Crippen LogP contribution in [0.2, 0.25) is 0 Å². The Morgan fingerprint density at radius 2 is 1.24 bits per heavy atom. The van der Waals surface area contributed by atoms with E-state index in [9.17, 15) is 18.0 Å². The average Bonchev–Trinajstić information content (AvgIpc) is 3.05. The van der Waals surface area contributed by atoms with Gasteiger partial charge in [0.2, 0.25) is 0 Å². The van der Waals surface area contributed by atoms with Gasteiger partial charge in [0.25, 0.3) is 0 Å². The smallest absolute Gasteiger partial charge is 0.414 e.